The summed E-state index contributed by atoms with van der Waals surface area (Å²) in [5, 5.41) is 3.50. The van der Waals surface area contributed by atoms with Crippen LogP contribution in [0.4, 0.5) is 0 Å². The average molecular weight is 286 g/mol. The summed E-state index contributed by atoms with van der Waals surface area (Å²) in [6.07, 6.45) is 0. The zero-order valence-corrected chi connectivity index (χ0v) is 10.4. The quantitative estimate of drug-likeness (QED) is 0.493. The van der Waals surface area contributed by atoms with Crippen LogP contribution in [0.5, 0.6) is 0 Å². The second-order valence-corrected chi connectivity index (χ2v) is 4.94. The van der Waals surface area contributed by atoms with Gasteiger partial charge in [0.2, 0.25) is 5.71 Å². The highest BCUT2D eigenvalue weighted by Crippen LogP contribution is 2.37. The van der Waals surface area contributed by atoms with Crippen LogP contribution in [0.2, 0.25) is 0 Å². The minimum absolute atomic E-state index is 0.841. The predicted octanol–water partition coefficient (Wildman–Crippen LogP) is 4.83. The zero-order chi connectivity index (χ0) is 11.4. The molecule has 4 aromatic rings. The van der Waals surface area contributed by atoms with E-state index in [1.54, 1.807) is 0 Å². The number of aromatic amines is 1. The van der Waals surface area contributed by atoms with Gasteiger partial charge >= 0.3 is 0 Å². The molecule has 82 valence electrons. The number of halogens is 1. The van der Waals surface area contributed by atoms with Gasteiger partial charge in [0, 0.05) is 15.2 Å². The largest absolute Gasteiger partial charge is 0.440 e. The molecule has 0 fully saturated rings. The third-order valence-electron chi connectivity index (χ3n) is 3.11. The van der Waals surface area contributed by atoms with Crippen LogP contribution in [-0.4, -0.2) is 4.98 Å². The van der Waals surface area contributed by atoms with E-state index >= 15 is 0 Å². The molecule has 0 saturated heterocycles. The first-order valence-corrected chi connectivity index (χ1v) is 6.21. The molecule has 0 aliphatic heterocycles. The highest BCUT2D eigenvalue weighted by Gasteiger charge is 2.14. The molecule has 0 atom stereocenters. The lowest BCUT2D eigenvalue weighted by molar-refractivity contribution is 0.657. The first-order chi connectivity index (χ1) is 8.34. The molecule has 2 aromatic heterocycles. The van der Waals surface area contributed by atoms with E-state index in [0.717, 1.165) is 32.1 Å². The number of nitrogens with one attached hydrogen (secondary N) is 1. The molecule has 17 heavy (non-hydrogen) atoms. The Morgan fingerprint density at radius 3 is 2.76 bits per heavy atom. The maximum Gasteiger partial charge on any atom is 0.206 e. The second-order valence-electron chi connectivity index (χ2n) is 4.09. The summed E-state index contributed by atoms with van der Waals surface area (Å²) in [4.78, 5) is 3.31. The third-order valence-corrected chi connectivity index (χ3v) is 3.77. The number of furan rings is 1. The molecule has 1 N–H and O–H groups in total. The van der Waals surface area contributed by atoms with Crippen LogP contribution >= 0.6 is 15.9 Å². The van der Waals surface area contributed by atoms with E-state index in [9.17, 15) is 0 Å². The molecule has 3 heteroatoms. The van der Waals surface area contributed by atoms with Crippen molar-refractivity contribution in [2.75, 3.05) is 0 Å². The number of fused-ring (bicyclic) bond motifs is 5. The molecular formula is C14H8BrNO. The maximum absolute atomic E-state index is 5.82. The molecule has 2 aromatic carbocycles. The predicted molar refractivity (Wildman–Crippen MR) is 73.3 cm³/mol. The van der Waals surface area contributed by atoms with Crippen LogP contribution < -0.4 is 0 Å². The lowest BCUT2D eigenvalue weighted by Crippen LogP contribution is -1.70. The normalized spacial score (nSPS) is 11.8. The van der Waals surface area contributed by atoms with Gasteiger partial charge in [0.1, 0.15) is 5.58 Å². The summed E-state index contributed by atoms with van der Waals surface area (Å²) in [5.41, 5.74) is 2.86. The van der Waals surface area contributed by atoms with Crippen molar-refractivity contribution >= 4 is 48.9 Å². The molecule has 2 heterocycles. The molecule has 0 bridgehead atoms. The molecule has 0 spiro atoms. The Balaban J connectivity index is 2.39. The van der Waals surface area contributed by atoms with Crippen molar-refractivity contribution in [2.45, 2.75) is 0 Å². The Hall–Kier alpha value is -1.74. The van der Waals surface area contributed by atoms with Crippen molar-refractivity contribution in [2.24, 2.45) is 0 Å². The van der Waals surface area contributed by atoms with Gasteiger partial charge in [-0.3, -0.25) is 0 Å². The zero-order valence-electron chi connectivity index (χ0n) is 8.83. The van der Waals surface area contributed by atoms with Crippen molar-refractivity contribution in [1.82, 2.24) is 4.98 Å². The van der Waals surface area contributed by atoms with Gasteiger partial charge in [0.25, 0.3) is 0 Å². The van der Waals surface area contributed by atoms with E-state index < -0.39 is 0 Å². The highest BCUT2D eigenvalue weighted by molar-refractivity contribution is 9.10. The Labute approximate surface area is 105 Å². The minimum Gasteiger partial charge on any atom is -0.440 e. The van der Waals surface area contributed by atoms with Gasteiger partial charge in [0.05, 0.1) is 10.9 Å². The summed E-state index contributed by atoms with van der Waals surface area (Å²) in [6.45, 7) is 0. The SMILES string of the molecule is Brc1cccc2[nH]c3oc4ccccc4c3c12. The Kier molecular flexibility index (Phi) is 1.72. The molecule has 0 radical (unpaired) electrons. The standard InChI is InChI=1S/C14H8BrNO/c15-9-5-3-6-10-13(9)12-8-4-1-2-7-11(8)17-14(12)16-10/h1-7,16H. The summed E-state index contributed by atoms with van der Waals surface area (Å²) in [5.74, 6) is 0. The molecular weight excluding hydrogens is 278 g/mol. The van der Waals surface area contributed by atoms with Crippen LogP contribution in [-0.2, 0) is 0 Å². The van der Waals surface area contributed by atoms with E-state index in [1.165, 1.54) is 5.39 Å². The molecule has 0 amide bonds. The Morgan fingerprint density at radius 1 is 0.941 bits per heavy atom. The van der Waals surface area contributed by atoms with Gasteiger partial charge < -0.3 is 9.40 Å². The van der Waals surface area contributed by atoms with Crippen LogP contribution in [0.15, 0.2) is 51.4 Å². The molecule has 0 aliphatic rings. The van der Waals surface area contributed by atoms with Crippen LogP contribution in [0.25, 0.3) is 33.0 Å². The van der Waals surface area contributed by atoms with E-state index in [-0.39, 0.29) is 0 Å². The number of benzene rings is 2. The fourth-order valence-electron chi connectivity index (χ4n) is 2.39. The fourth-order valence-corrected chi connectivity index (χ4v) is 2.95. The number of hydrogen-bond donors (Lipinski definition) is 1. The van der Waals surface area contributed by atoms with E-state index in [1.807, 2.05) is 24.3 Å². The first kappa shape index (κ1) is 9.31. The van der Waals surface area contributed by atoms with Gasteiger partial charge in [-0.1, -0.05) is 40.2 Å². The summed E-state index contributed by atoms with van der Waals surface area (Å²) < 4.78 is 6.91. The van der Waals surface area contributed by atoms with Gasteiger partial charge in [-0.05, 0) is 18.2 Å². The molecule has 2 nitrogen and oxygen atoms in total. The molecule has 4 rings (SSSR count). The van der Waals surface area contributed by atoms with Gasteiger partial charge in [-0.25, -0.2) is 0 Å². The number of H-pyrrole nitrogens is 1. The van der Waals surface area contributed by atoms with E-state index in [4.69, 9.17) is 4.42 Å². The van der Waals surface area contributed by atoms with Crippen molar-refractivity contribution in [3.8, 4) is 0 Å². The Morgan fingerprint density at radius 2 is 1.82 bits per heavy atom. The van der Waals surface area contributed by atoms with Crippen LogP contribution in [0.1, 0.15) is 0 Å². The maximum atomic E-state index is 5.82. The Bertz CT molecular complexity index is 856. The van der Waals surface area contributed by atoms with Crippen molar-refractivity contribution in [1.29, 1.82) is 0 Å². The monoisotopic (exact) mass is 285 g/mol. The smallest absolute Gasteiger partial charge is 0.206 e. The topological polar surface area (TPSA) is 28.9 Å². The van der Waals surface area contributed by atoms with Gasteiger partial charge in [-0.2, -0.15) is 0 Å². The summed E-state index contributed by atoms with van der Waals surface area (Å²) in [7, 11) is 0. The first-order valence-electron chi connectivity index (χ1n) is 5.42. The molecule has 0 aliphatic carbocycles. The fraction of sp³-hybridized carbons (Fsp3) is 0. The summed E-state index contributed by atoms with van der Waals surface area (Å²) in [6, 6.07) is 14.2. The minimum atomic E-state index is 0.841. The second kappa shape index (κ2) is 3.14. The number of para-hydroxylation sites is 1. The van der Waals surface area contributed by atoms with Crippen molar-refractivity contribution in [3.63, 3.8) is 0 Å². The van der Waals surface area contributed by atoms with Crippen molar-refractivity contribution < 1.29 is 4.42 Å². The lowest BCUT2D eigenvalue weighted by Gasteiger charge is -1.94. The van der Waals surface area contributed by atoms with Crippen molar-refractivity contribution in [3.05, 3.63) is 46.9 Å². The van der Waals surface area contributed by atoms with Crippen LogP contribution in [0, 0.1) is 0 Å². The third kappa shape index (κ3) is 1.15. The number of rotatable bonds is 0. The van der Waals surface area contributed by atoms with E-state index in [2.05, 4.69) is 39.1 Å². The van der Waals surface area contributed by atoms with Gasteiger partial charge in [0.15, 0.2) is 0 Å². The average Bonchev–Trinajstić information content (AvgIpc) is 2.84. The van der Waals surface area contributed by atoms with E-state index in [0.29, 0.717) is 0 Å². The molecule has 0 saturated carbocycles. The number of hydrogen-bond acceptors (Lipinski definition) is 1. The number of aromatic nitrogens is 1. The molecule has 0 unspecified atom stereocenters. The summed E-state index contributed by atoms with van der Waals surface area (Å²) >= 11 is 3.61. The lowest BCUT2D eigenvalue weighted by atomic mass is 10.1. The van der Waals surface area contributed by atoms with Crippen LogP contribution in [0.3, 0.4) is 0 Å². The van der Waals surface area contributed by atoms with Gasteiger partial charge in [-0.15, -0.1) is 0 Å². The highest BCUT2D eigenvalue weighted by atomic mass is 79.9.